The lowest BCUT2D eigenvalue weighted by Crippen LogP contribution is -2.27. The van der Waals surface area contributed by atoms with Crippen molar-refractivity contribution in [1.82, 2.24) is 14.3 Å². The summed E-state index contributed by atoms with van der Waals surface area (Å²) in [5, 5.41) is 13.1. The molecule has 1 aliphatic rings. The Bertz CT molecular complexity index is 688. The molecule has 2 aromatic rings. The van der Waals surface area contributed by atoms with Crippen LogP contribution < -0.4 is 5.69 Å². The second-order valence-electron chi connectivity index (χ2n) is 4.77. The molecule has 1 aromatic carbocycles. The van der Waals surface area contributed by atoms with Crippen LogP contribution in [0, 0.1) is 11.3 Å². The van der Waals surface area contributed by atoms with Gasteiger partial charge in [0.15, 0.2) is 0 Å². The van der Waals surface area contributed by atoms with E-state index in [-0.39, 0.29) is 5.69 Å². The van der Waals surface area contributed by atoms with Crippen molar-refractivity contribution in [1.29, 1.82) is 5.26 Å². The highest BCUT2D eigenvalue weighted by Gasteiger charge is 2.16. The third-order valence-electron chi connectivity index (χ3n) is 3.45. The van der Waals surface area contributed by atoms with E-state index in [0.29, 0.717) is 12.1 Å². The van der Waals surface area contributed by atoms with Gasteiger partial charge in [-0.3, -0.25) is 4.57 Å². The summed E-state index contributed by atoms with van der Waals surface area (Å²) in [5.41, 5.74) is 1.58. The number of aromatic nitrogens is 3. The molecule has 2 heterocycles. The monoisotopic (exact) mass is 254 g/mol. The number of fused-ring (bicyclic) bond motifs is 1. The fraction of sp³-hybridized carbons (Fsp3) is 0.357. The number of rotatable bonds is 2. The topological polar surface area (TPSA) is 63.6 Å². The zero-order valence-corrected chi connectivity index (χ0v) is 10.5. The van der Waals surface area contributed by atoms with Crippen LogP contribution in [0.3, 0.4) is 0 Å². The second-order valence-corrected chi connectivity index (χ2v) is 4.77. The molecule has 0 fully saturated rings. The predicted molar refractivity (Wildman–Crippen MR) is 69.7 cm³/mol. The number of hydrogen-bond acceptors (Lipinski definition) is 3. The maximum absolute atomic E-state index is 12.2. The second kappa shape index (κ2) is 4.73. The SMILES string of the molecule is N#Cc1ccc(Cn2nc3n(c2=O)CCCC3)cc1. The van der Waals surface area contributed by atoms with Crippen molar-refractivity contribution in [2.75, 3.05) is 0 Å². The van der Waals surface area contributed by atoms with Gasteiger partial charge in [-0.1, -0.05) is 12.1 Å². The summed E-state index contributed by atoms with van der Waals surface area (Å²) in [4.78, 5) is 12.2. The molecular formula is C14H14N4O. The first kappa shape index (κ1) is 11.7. The Balaban J connectivity index is 1.89. The summed E-state index contributed by atoms with van der Waals surface area (Å²) in [6.07, 6.45) is 3.04. The third kappa shape index (κ3) is 2.17. The standard InChI is InChI=1S/C14H14N4O/c15-9-11-4-6-12(7-5-11)10-18-14(19)17-8-2-1-3-13(17)16-18/h4-7H,1-3,8,10H2. The van der Waals surface area contributed by atoms with Crippen LogP contribution in [0.5, 0.6) is 0 Å². The first-order valence-electron chi connectivity index (χ1n) is 6.43. The molecular weight excluding hydrogens is 240 g/mol. The van der Waals surface area contributed by atoms with Gasteiger partial charge in [0.1, 0.15) is 5.82 Å². The van der Waals surface area contributed by atoms with Crippen LogP contribution in [-0.2, 0) is 19.5 Å². The molecule has 3 rings (SSSR count). The number of aryl methyl sites for hydroxylation is 1. The van der Waals surface area contributed by atoms with Gasteiger partial charge in [0.2, 0.25) is 0 Å². The number of benzene rings is 1. The van der Waals surface area contributed by atoms with E-state index in [1.54, 1.807) is 16.7 Å². The van der Waals surface area contributed by atoms with E-state index in [2.05, 4.69) is 11.2 Å². The van der Waals surface area contributed by atoms with Crippen LogP contribution in [0.25, 0.3) is 0 Å². The average molecular weight is 254 g/mol. The fourth-order valence-corrected chi connectivity index (χ4v) is 2.41. The van der Waals surface area contributed by atoms with Crippen molar-refractivity contribution in [3.63, 3.8) is 0 Å². The number of nitriles is 1. The quantitative estimate of drug-likeness (QED) is 0.811. The Hall–Kier alpha value is -2.35. The Morgan fingerprint density at radius 3 is 2.74 bits per heavy atom. The van der Waals surface area contributed by atoms with Crippen LogP contribution in [0.4, 0.5) is 0 Å². The Morgan fingerprint density at radius 1 is 1.26 bits per heavy atom. The Kier molecular flexibility index (Phi) is 2.92. The molecule has 0 aliphatic carbocycles. The summed E-state index contributed by atoms with van der Waals surface area (Å²) in [6, 6.07) is 9.33. The van der Waals surface area contributed by atoms with Crippen molar-refractivity contribution in [2.24, 2.45) is 0 Å². The highest BCUT2D eigenvalue weighted by atomic mass is 16.2. The smallest absolute Gasteiger partial charge is 0.279 e. The highest BCUT2D eigenvalue weighted by Crippen LogP contribution is 2.10. The average Bonchev–Trinajstić information content (AvgIpc) is 2.77. The molecule has 0 spiro atoms. The molecule has 19 heavy (non-hydrogen) atoms. The Morgan fingerprint density at radius 2 is 2.05 bits per heavy atom. The van der Waals surface area contributed by atoms with Gasteiger partial charge >= 0.3 is 5.69 Å². The summed E-state index contributed by atoms with van der Waals surface area (Å²) >= 11 is 0. The zero-order chi connectivity index (χ0) is 13.2. The molecule has 0 unspecified atom stereocenters. The van der Waals surface area contributed by atoms with Gasteiger partial charge in [0.05, 0.1) is 18.2 Å². The molecule has 0 saturated carbocycles. The molecule has 0 bridgehead atoms. The molecule has 96 valence electrons. The van der Waals surface area contributed by atoms with Gasteiger partial charge in [0.25, 0.3) is 0 Å². The van der Waals surface area contributed by atoms with Gasteiger partial charge in [0, 0.05) is 13.0 Å². The van der Waals surface area contributed by atoms with E-state index in [1.165, 1.54) is 4.68 Å². The lowest BCUT2D eigenvalue weighted by molar-refractivity contribution is 0.511. The third-order valence-corrected chi connectivity index (χ3v) is 3.45. The van der Waals surface area contributed by atoms with E-state index in [9.17, 15) is 4.79 Å². The summed E-state index contributed by atoms with van der Waals surface area (Å²) < 4.78 is 3.29. The normalized spacial score (nSPS) is 13.8. The van der Waals surface area contributed by atoms with Gasteiger partial charge in [-0.05, 0) is 30.5 Å². The van der Waals surface area contributed by atoms with Crippen molar-refractivity contribution in [3.8, 4) is 6.07 Å². The number of nitrogens with zero attached hydrogens (tertiary/aromatic N) is 4. The van der Waals surface area contributed by atoms with E-state index in [1.807, 2.05) is 12.1 Å². The van der Waals surface area contributed by atoms with Crippen molar-refractivity contribution in [2.45, 2.75) is 32.4 Å². The van der Waals surface area contributed by atoms with Crippen LogP contribution in [0.15, 0.2) is 29.1 Å². The molecule has 0 N–H and O–H groups in total. The van der Waals surface area contributed by atoms with Crippen molar-refractivity contribution >= 4 is 0 Å². The molecule has 5 nitrogen and oxygen atoms in total. The van der Waals surface area contributed by atoms with E-state index in [0.717, 1.165) is 37.2 Å². The molecule has 0 amide bonds. The van der Waals surface area contributed by atoms with Gasteiger partial charge in [-0.25, -0.2) is 9.48 Å². The summed E-state index contributed by atoms with van der Waals surface area (Å²) in [5.74, 6) is 0.893. The maximum atomic E-state index is 12.2. The van der Waals surface area contributed by atoms with E-state index in [4.69, 9.17) is 5.26 Å². The lowest BCUT2D eigenvalue weighted by Gasteiger charge is -2.09. The van der Waals surface area contributed by atoms with Crippen LogP contribution in [-0.4, -0.2) is 14.3 Å². The first-order valence-corrected chi connectivity index (χ1v) is 6.43. The molecule has 1 aliphatic heterocycles. The predicted octanol–water partition coefficient (Wildman–Crippen LogP) is 1.30. The van der Waals surface area contributed by atoms with Crippen molar-refractivity contribution < 1.29 is 0 Å². The molecule has 0 atom stereocenters. The van der Waals surface area contributed by atoms with Gasteiger partial charge in [-0.2, -0.15) is 10.4 Å². The molecule has 5 heteroatoms. The largest absolute Gasteiger partial charge is 0.346 e. The van der Waals surface area contributed by atoms with Crippen molar-refractivity contribution in [3.05, 3.63) is 51.7 Å². The van der Waals surface area contributed by atoms with Crippen LogP contribution in [0.2, 0.25) is 0 Å². The zero-order valence-electron chi connectivity index (χ0n) is 10.5. The Labute approximate surface area is 110 Å². The van der Waals surface area contributed by atoms with Gasteiger partial charge in [-0.15, -0.1) is 0 Å². The minimum Gasteiger partial charge on any atom is -0.279 e. The fourth-order valence-electron chi connectivity index (χ4n) is 2.41. The van der Waals surface area contributed by atoms with E-state index >= 15 is 0 Å². The summed E-state index contributed by atoms with van der Waals surface area (Å²) in [6.45, 7) is 1.24. The van der Waals surface area contributed by atoms with Crippen LogP contribution in [0.1, 0.15) is 29.8 Å². The molecule has 0 saturated heterocycles. The first-order chi connectivity index (χ1) is 9.28. The lowest BCUT2D eigenvalue weighted by atomic mass is 10.1. The van der Waals surface area contributed by atoms with Gasteiger partial charge < -0.3 is 0 Å². The molecule has 0 radical (unpaired) electrons. The maximum Gasteiger partial charge on any atom is 0.346 e. The summed E-state index contributed by atoms with van der Waals surface area (Å²) in [7, 11) is 0. The molecule has 1 aromatic heterocycles. The van der Waals surface area contributed by atoms with E-state index < -0.39 is 0 Å². The minimum absolute atomic E-state index is 0.0286. The number of hydrogen-bond donors (Lipinski definition) is 0. The van der Waals surface area contributed by atoms with Crippen LogP contribution >= 0.6 is 0 Å². The minimum atomic E-state index is -0.0286. The highest BCUT2D eigenvalue weighted by molar-refractivity contribution is 5.31.